The number of carbonyl (C=O) groups is 1. The molecule has 69 heavy (non-hydrogen) atoms. The maximum absolute atomic E-state index is 10.4. The summed E-state index contributed by atoms with van der Waals surface area (Å²) in [6.07, 6.45) is 5.08. The number of terminal acetylenes is 1. The van der Waals surface area contributed by atoms with E-state index in [1.807, 2.05) is 0 Å². The number of rotatable bonds is 64. The number of hydrogen-bond acceptors (Lipinski definition) is 22. The van der Waals surface area contributed by atoms with Gasteiger partial charge in [-0.25, -0.2) is 0 Å². The first-order valence-corrected chi connectivity index (χ1v) is 24.0. The average molecular weight is 1010 g/mol. The van der Waals surface area contributed by atoms with Crippen LogP contribution in [-0.2, 0) is 104 Å². The number of carboxylic acid groups (broad SMARTS) is 1. The van der Waals surface area contributed by atoms with E-state index < -0.39 is 5.97 Å². The van der Waals surface area contributed by atoms with Crippen molar-refractivity contribution in [1.29, 1.82) is 0 Å². The van der Waals surface area contributed by atoms with Gasteiger partial charge >= 0.3 is 5.97 Å². The topological polar surface area (TPSA) is 231 Å². The van der Waals surface area contributed by atoms with Gasteiger partial charge in [-0.3, -0.25) is 4.79 Å². The van der Waals surface area contributed by atoms with Gasteiger partial charge in [0.05, 0.1) is 277 Å². The van der Waals surface area contributed by atoms with Gasteiger partial charge in [0.15, 0.2) is 0 Å². The molecule has 0 heterocycles. The summed E-state index contributed by atoms with van der Waals surface area (Å²) in [5.41, 5.74) is 0. The van der Waals surface area contributed by atoms with Crippen LogP contribution in [0.1, 0.15) is 6.42 Å². The molecular weight excluding hydrogens is 920 g/mol. The zero-order chi connectivity index (χ0) is 49.5. The normalized spacial score (nSPS) is 11.5. The average Bonchev–Trinajstić information content (AvgIpc) is 3.35. The van der Waals surface area contributed by atoms with E-state index in [0.29, 0.717) is 271 Å². The minimum Gasteiger partial charge on any atom is -0.481 e. The zero-order valence-corrected chi connectivity index (χ0v) is 41.4. The van der Waals surface area contributed by atoms with Gasteiger partial charge in [0.25, 0.3) is 0 Å². The van der Waals surface area contributed by atoms with Gasteiger partial charge in [-0.15, -0.1) is 6.42 Å². The third-order valence-electron chi connectivity index (χ3n) is 8.09. The maximum Gasteiger partial charge on any atom is 0.305 e. The van der Waals surface area contributed by atoms with Crippen LogP contribution in [0.4, 0.5) is 0 Å². The van der Waals surface area contributed by atoms with E-state index in [9.17, 15) is 4.79 Å². The van der Waals surface area contributed by atoms with E-state index in [-0.39, 0.29) is 13.0 Å². The SMILES string of the molecule is C#CCOCCOCCOCCOCCOCCOCCOCCOCCOCCOCCOCCOCCOCCOCCOCCOCCOCCOCCOCCOCCOCCC(=O)O. The van der Waals surface area contributed by atoms with Crippen molar-refractivity contribution in [3.63, 3.8) is 0 Å². The number of aliphatic carboxylic acids is 1. The fourth-order valence-corrected chi connectivity index (χ4v) is 4.69. The molecule has 0 atom stereocenters. The number of ether oxygens (including phenoxy) is 21. The highest BCUT2D eigenvalue weighted by Gasteiger charge is 2.00. The Kier molecular flexibility index (Phi) is 62.5. The van der Waals surface area contributed by atoms with E-state index >= 15 is 0 Å². The van der Waals surface area contributed by atoms with Gasteiger partial charge < -0.3 is 105 Å². The van der Waals surface area contributed by atoms with Crippen molar-refractivity contribution in [2.24, 2.45) is 0 Å². The zero-order valence-electron chi connectivity index (χ0n) is 41.4. The predicted molar refractivity (Wildman–Crippen MR) is 248 cm³/mol. The summed E-state index contributed by atoms with van der Waals surface area (Å²) in [6.45, 7) is 19.6. The number of carboxylic acids is 1. The van der Waals surface area contributed by atoms with Crippen molar-refractivity contribution in [2.45, 2.75) is 6.42 Å². The molecule has 0 bridgehead atoms. The van der Waals surface area contributed by atoms with E-state index in [4.69, 9.17) is 111 Å². The first kappa shape index (κ1) is 67.2. The van der Waals surface area contributed by atoms with Crippen LogP contribution in [0, 0.1) is 12.3 Å². The summed E-state index contributed by atoms with van der Waals surface area (Å²) in [7, 11) is 0. The Morgan fingerprint density at radius 3 is 0.464 bits per heavy atom. The fraction of sp³-hybridized carbons (Fsp3) is 0.935. The van der Waals surface area contributed by atoms with Crippen molar-refractivity contribution in [1.82, 2.24) is 0 Å². The molecule has 0 aliphatic rings. The van der Waals surface area contributed by atoms with Gasteiger partial charge in [0, 0.05) is 0 Å². The molecule has 410 valence electrons. The van der Waals surface area contributed by atoms with Crippen molar-refractivity contribution >= 4 is 5.97 Å². The molecule has 0 aliphatic heterocycles. The lowest BCUT2D eigenvalue weighted by atomic mass is 10.5. The van der Waals surface area contributed by atoms with E-state index in [1.54, 1.807) is 0 Å². The molecule has 0 unspecified atom stereocenters. The molecule has 0 spiro atoms. The van der Waals surface area contributed by atoms with E-state index in [0.717, 1.165) is 0 Å². The first-order chi connectivity index (χ1) is 34.3. The van der Waals surface area contributed by atoms with Crippen LogP contribution in [-0.4, -0.2) is 289 Å². The van der Waals surface area contributed by atoms with E-state index in [2.05, 4.69) is 5.92 Å². The Hall–Kier alpha value is -1.81. The molecule has 0 aromatic heterocycles. The molecule has 0 aromatic carbocycles. The summed E-state index contributed by atoms with van der Waals surface area (Å²) in [5, 5.41) is 8.51. The van der Waals surface area contributed by atoms with Crippen LogP contribution in [0.3, 0.4) is 0 Å². The van der Waals surface area contributed by atoms with Crippen LogP contribution < -0.4 is 0 Å². The monoisotopic (exact) mass is 1010 g/mol. The van der Waals surface area contributed by atoms with Crippen molar-refractivity contribution < 1.29 is 109 Å². The highest BCUT2D eigenvalue weighted by Crippen LogP contribution is 1.90. The highest BCUT2D eigenvalue weighted by molar-refractivity contribution is 5.66. The minimum atomic E-state index is -0.879. The second-order valence-corrected chi connectivity index (χ2v) is 13.6. The Morgan fingerprint density at radius 1 is 0.232 bits per heavy atom. The van der Waals surface area contributed by atoms with Crippen molar-refractivity contribution in [3.8, 4) is 12.3 Å². The second-order valence-electron chi connectivity index (χ2n) is 13.6. The van der Waals surface area contributed by atoms with Crippen LogP contribution in [0.2, 0.25) is 0 Å². The third kappa shape index (κ3) is 66.2. The molecule has 0 amide bonds. The molecular formula is C46H88O23. The van der Waals surface area contributed by atoms with Crippen LogP contribution in [0.5, 0.6) is 0 Å². The Labute approximate surface area is 411 Å². The smallest absolute Gasteiger partial charge is 0.305 e. The largest absolute Gasteiger partial charge is 0.481 e. The Balaban J connectivity index is 3.07. The molecule has 0 aliphatic carbocycles. The van der Waals surface area contributed by atoms with Crippen LogP contribution in [0.25, 0.3) is 0 Å². The summed E-state index contributed by atoms with van der Waals surface area (Å²) in [4.78, 5) is 10.4. The third-order valence-corrected chi connectivity index (χ3v) is 8.09. The predicted octanol–water partition coefficient (Wildman–Crippen LogP) is 0.443. The molecule has 0 rings (SSSR count). The summed E-state index contributed by atoms with van der Waals surface area (Å²) >= 11 is 0. The molecule has 0 saturated heterocycles. The summed E-state index contributed by atoms with van der Waals surface area (Å²) < 4.78 is 114. The lowest BCUT2D eigenvalue weighted by Crippen LogP contribution is -2.16. The quantitative estimate of drug-likeness (QED) is 0.0644. The summed E-state index contributed by atoms with van der Waals surface area (Å²) in [6, 6.07) is 0. The van der Waals surface area contributed by atoms with Crippen LogP contribution in [0.15, 0.2) is 0 Å². The van der Waals surface area contributed by atoms with Gasteiger partial charge in [0.2, 0.25) is 0 Å². The number of hydrogen-bond donors (Lipinski definition) is 1. The molecule has 23 nitrogen and oxygen atoms in total. The van der Waals surface area contributed by atoms with Gasteiger partial charge in [0.1, 0.15) is 6.61 Å². The molecule has 0 radical (unpaired) electrons. The lowest BCUT2D eigenvalue weighted by Gasteiger charge is -2.09. The van der Waals surface area contributed by atoms with E-state index in [1.165, 1.54) is 0 Å². The minimum absolute atomic E-state index is 0.00880. The van der Waals surface area contributed by atoms with Gasteiger partial charge in [-0.05, 0) is 0 Å². The standard InChI is InChI=1S/C46H88O23/c1-2-4-49-6-8-51-10-12-53-14-16-55-18-20-57-22-24-59-26-28-61-30-32-63-34-36-65-38-40-67-42-44-69-45-43-68-41-39-66-37-35-64-33-31-62-29-27-60-25-23-58-21-19-56-17-15-54-13-11-52-9-7-50-5-3-46(47)48/h1H,3-45H2,(H,47,48). The molecule has 23 heteroatoms. The summed E-state index contributed by atoms with van der Waals surface area (Å²) in [5.74, 6) is 1.52. The molecule has 0 saturated carbocycles. The van der Waals surface area contributed by atoms with Crippen molar-refractivity contribution in [3.05, 3.63) is 0 Å². The maximum atomic E-state index is 10.4. The van der Waals surface area contributed by atoms with Gasteiger partial charge in [-0.2, -0.15) is 0 Å². The second kappa shape index (κ2) is 64.2. The van der Waals surface area contributed by atoms with Crippen LogP contribution >= 0.6 is 0 Å². The van der Waals surface area contributed by atoms with Crippen molar-refractivity contribution in [2.75, 3.05) is 277 Å². The Bertz CT molecular complexity index is 1000. The first-order valence-electron chi connectivity index (χ1n) is 24.0. The molecule has 0 aromatic rings. The molecule has 0 fully saturated rings. The van der Waals surface area contributed by atoms with Gasteiger partial charge in [-0.1, -0.05) is 5.92 Å². The Morgan fingerprint density at radius 2 is 0.348 bits per heavy atom. The fourth-order valence-electron chi connectivity index (χ4n) is 4.69. The molecule has 1 N–H and O–H groups in total. The lowest BCUT2D eigenvalue weighted by molar-refractivity contribution is -0.138. The highest BCUT2D eigenvalue weighted by atomic mass is 16.6.